The minimum atomic E-state index is -0.841. The molecule has 5 heteroatoms. The normalized spacial score (nSPS) is 19.8. The average Bonchev–Trinajstić information content (AvgIpc) is 2.73. The Bertz CT molecular complexity index is 340. The Balaban J connectivity index is 2.51. The quantitative estimate of drug-likeness (QED) is 0.805. The Kier molecular flexibility index (Phi) is 5.20. The number of carboxylic acids is 1. The van der Waals surface area contributed by atoms with E-state index in [4.69, 9.17) is 5.11 Å². The molecule has 2 amide bonds. The van der Waals surface area contributed by atoms with Crippen molar-refractivity contribution in [2.24, 2.45) is 11.3 Å². The van der Waals surface area contributed by atoms with Crippen molar-refractivity contribution >= 4 is 12.0 Å². The van der Waals surface area contributed by atoms with E-state index >= 15 is 0 Å². The summed E-state index contributed by atoms with van der Waals surface area (Å²) in [7, 11) is 0. The van der Waals surface area contributed by atoms with Gasteiger partial charge in [-0.2, -0.15) is 0 Å². The highest BCUT2D eigenvalue weighted by atomic mass is 16.4. The molecule has 110 valence electrons. The van der Waals surface area contributed by atoms with Crippen LogP contribution in [0.1, 0.15) is 47.0 Å². The number of carbonyl (C=O) groups excluding carboxylic acids is 1. The molecule has 0 bridgehead atoms. The van der Waals surface area contributed by atoms with Gasteiger partial charge in [0.05, 0.1) is 6.42 Å². The molecule has 1 aliphatic rings. The second-order valence-corrected chi connectivity index (χ2v) is 6.39. The molecule has 2 N–H and O–H groups in total. The smallest absolute Gasteiger partial charge is 0.317 e. The topological polar surface area (TPSA) is 69.6 Å². The molecule has 1 unspecified atom stereocenters. The molecule has 1 fully saturated rings. The summed E-state index contributed by atoms with van der Waals surface area (Å²) in [6.07, 6.45) is 1.72. The summed E-state index contributed by atoms with van der Waals surface area (Å²) in [4.78, 5) is 24.6. The standard InChI is InChI=1S/C14H26N2O3/c1-10(2)14(3,4)9-15-13(19)16-7-5-6-11(16)8-12(17)18/h10-11H,5-9H2,1-4H3,(H,15,19)(H,17,18). The van der Waals surface area contributed by atoms with Crippen LogP contribution in [-0.2, 0) is 4.79 Å². The second-order valence-electron chi connectivity index (χ2n) is 6.39. The zero-order chi connectivity index (χ0) is 14.6. The number of carbonyl (C=O) groups is 2. The molecule has 1 aliphatic heterocycles. The Labute approximate surface area is 115 Å². The molecule has 0 aliphatic carbocycles. The first kappa shape index (κ1) is 15.8. The molecule has 1 heterocycles. The van der Waals surface area contributed by atoms with Crippen LogP contribution in [0.5, 0.6) is 0 Å². The van der Waals surface area contributed by atoms with Gasteiger partial charge in [0, 0.05) is 19.1 Å². The Morgan fingerprint density at radius 3 is 2.58 bits per heavy atom. The van der Waals surface area contributed by atoms with Crippen molar-refractivity contribution in [3.8, 4) is 0 Å². The monoisotopic (exact) mass is 270 g/mol. The van der Waals surface area contributed by atoms with E-state index in [0.717, 1.165) is 12.8 Å². The van der Waals surface area contributed by atoms with Gasteiger partial charge in [-0.15, -0.1) is 0 Å². The van der Waals surface area contributed by atoms with Crippen LogP contribution < -0.4 is 5.32 Å². The van der Waals surface area contributed by atoms with Gasteiger partial charge < -0.3 is 15.3 Å². The zero-order valence-corrected chi connectivity index (χ0v) is 12.4. The number of nitrogens with zero attached hydrogens (tertiary/aromatic N) is 1. The maximum Gasteiger partial charge on any atom is 0.317 e. The van der Waals surface area contributed by atoms with Gasteiger partial charge in [-0.3, -0.25) is 4.79 Å². The molecule has 0 aromatic rings. The average molecular weight is 270 g/mol. The van der Waals surface area contributed by atoms with Crippen molar-refractivity contribution in [1.82, 2.24) is 10.2 Å². The molecule has 1 rings (SSSR count). The first-order valence-electron chi connectivity index (χ1n) is 7.00. The van der Waals surface area contributed by atoms with E-state index in [-0.39, 0.29) is 23.9 Å². The van der Waals surface area contributed by atoms with Crippen molar-refractivity contribution < 1.29 is 14.7 Å². The number of rotatable bonds is 5. The van der Waals surface area contributed by atoms with E-state index in [0.29, 0.717) is 19.0 Å². The third-order valence-electron chi connectivity index (χ3n) is 4.31. The van der Waals surface area contributed by atoms with Gasteiger partial charge >= 0.3 is 12.0 Å². The fraction of sp³-hybridized carbons (Fsp3) is 0.857. The lowest BCUT2D eigenvalue weighted by Crippen LogP contribution is -2.47. The summed E-state index contributed by atoms with van der Waals surface area (Å²) in [5.41, 5.74) is 0.0394. The highest BCUT2D eigenvalue weighted by Crippen LogP contribution is 2.25. The summed E-state index contributed by atoms with van der Waals surface area (Å²) in [5.74, 6) is -0.367. The van der Waals surface area contributed by atoms with E-state index in [2.05, 4.69) is 33.0 Å². The molecule has 0 radical (unpaired) electrons. The molecule has 0 aromatic carbocycles. The lowest BCUT2D eigenvalue weighted by Gasteiger charge is -2.31. The molecule has 0 aromatic heterocycles. The molecule has 5 nitrogen and oxygen atoms in total. The predicted molar refractivity (Wildman–Crippen MR) is 74.0 cm³/mol. The van der Waals surface area contributed by atoms with Crippen LogP contribution in [0.25, 0.3) is 0 Å². The Morgan fingerprint density at radius 2 is 2.05 bits per heavy atom. The number of carboxylic acid groups (broad SMARTS) is 1. The molecule has 1 saturated heterocycles. The van der Waals surface area contributed by atoms with Crippen LogP contribution in [0, 0.1) is 11.3 Å². The molecule has 0 saturated carbocycles. The fourth-order valence-corrected chi connectivity index (χ4v) is 2.13. The molecule has 0 spiro atoms. The van der Waals surface area contributed by atoms with Gasteiger partial charge in [-0.05, 0) is 24.2 Å². The molecular weight excluding hydrogens is 244 g/mol. The number of aliphatic carboxylic acids is 1. The number of urea groups is 1. The number of hydrogen-bond acceptors (Lipinski definition) is 2. The van der Waals surface area contributed by atoms with Crippen molar-refractivity contribution in [1.29, 1.82) is 0 Å². The fourth-order valence-electron chi connectivity index (χ4n) is 2.13. The number of nitrogens with one attached hydrogen (secondary N) is 1. The molecule has 1 atom stereocenters. The van der Waals surface area contributed by atoms with Crippen molar-refractivity contribution in [2.75, 3.05) is 13.1 Å². The van der Waals surface area contributed by atoms with Gasteiger partial charge in [0.25, 0.3) is 0 Å². The first-order chi connectivity index (χ1) is 8.74. The number of likely N-dealkylation sites (tertiary alicyclic amines) is 1. The Morgan fingerprint density at radius 1 is 1.42 bits per heavy atom. The van der Waals surface area contributed by atoms with Gasteiger partial charge in [0.2, 0.25) is 0 Å². The largest absolute Gasteiger partial charge is 0.481 e. The van der Waals surface area contributed by atoms with Gasteiger partial charge in [-0.25, -0.2) is 4.79 Å². The first-order valence-corrected chi connectivity index (χ1v) is 7.00. The van der Waals surface area contributed by atoms with E-state index < -0.39 is 5.97 Å². The van der Waals surface area contributed by atoms with Crippen LogP contribution in [-0.4, -0.2) is 41.1 Å². The minimum absolute atomic E-state index is 0.0394. The van der Waals surface area contributed by atoms with Crippen LogP contribution in [0.15, 0.2) is 0 Å². The predicted octanol–water partition coefficient (Wildman–Crippen LogP) is 2.32. The summed E-state index contributed by atoms with van der Waals surface area (Å²) < 4.78 is 0. The van der Waals surface area contributed by atoms with E-state index in [9.17, 15) is 9.59 Å². The van der Waals surface area contributed by atoms with Gasteiger partial charge in [0.1, 0.15) is 0 Å². The van der Waals surface area contributed by atoms with Crippen molar-refractivity contribution in [2.45, 2.75) is 53.0 Å². The summed E-state index contributed by atoms with van der Waals surface area (Å²) >= 11 is 0. The number of amides is 2. The Hall–Kier alpha value is -1.26. The van der Waals surface area contributed by atoms with Crippen molar-refractivity contribution in [3.05, 3.63) is 0 Å². The van der Waals surface area contributed by atoms with Gasteiger partial charge in [0.15, 0.2) is 0 Å². The lowest BCUT2D eigenvalue weighted by molar-refractivity contribution is -0.137. The summed E-state index contributed by atoms with van der Waals surface area (Å²) in [6.45, 7) is 9.78. The van der Waals surface area contributed by atoms with Crippen LogP contribution in [0.3, 0.4) is 0 Å². The molecular formula is C14H26N2O3. The third-order valence-corrected chi connectivity index (χ3v) is 4.31. The van der Waals surface area contributed by atoms with Crippen molar-refractivity contribution in [3.63, 3.8) is 0 Å². The second kappa shape index (κ2) is 6.26. The highest BCUT2D eigenvalue weighted by molar-refractivity contribution is 5.76. The highest BCUT2D eigenvalue weighted by Gasteiger charge is 2.31. The van der Waals surface area contributed by atoms with E-state index in [1.807, 2.05) is 0 Å². The van der Waals surface area contributed by atoms with E-state index in [1.165, 1.54) is 0 Å². The summed E-state index contributed by atoms with van der Waals surface area (Å²) in [6, 6.07) is -0.280. The van der Waals surface area contributed by atoms with E-state index in [1.54, 1.807) is 4.90 Å². The SMILES string of the molecule is CC(C)C(C)(C)CNC(=O)N1CCCC1CC(=O)O. The van der Waals surface area contributed by atoms with Gasteiger partial charge in [-0.1, -0.05) is 27.7 Å². The maximum absolute atomic E-state index is 12.1. The third kappa shape index (κ3) is 4.40. The minimum Gasteiger partial charge on any atom is -0.481 e. The van der Waals surface area contributed by atoms with Crippen LogP contribution in [0.4, 0.5) is 4.79 Å². The lowest BCUT2D eigenvalue weighted by atomic mass is 9.81. The van der Waals surface area contributed by atoms with Crippen LogP contribution in [0.2, 0.25) is 0 Å². The molecule has 19 heavy (non-hydrogen) atoms. The summed E-state index contributed by atoms with van der Waals surface area (Å²) in [5, 5.41) is 11.8. The maximum atomic E-state index is 12.1. The van der Waals surface area contributed by atoms with Crippen LogP contribution >= 0.6 is 0 Å². The zero-order valence-electron chi connectivity index (χ0n) is 12.4. The number of hydrogen-bond donors (Lipinski definition) is 2.